The van der Waals surface area contributed by atoms with Gasteiger partial charge < -0.3 is 19.5 Å². The van der Waals surface area contributed by atoms with Gasteiger partial charge in [0.1, 0.15) is 0 Å². The molecule has 5 nitrogen and oxygen atoms in total. The maximum Gasteiger partial charge on any atom is 0.203 e. The highest BCUT2D eigenvalue weighted by Gasteiger charge is 2.24. The molecule has 1 heterocycles. The van der Waals surface area contributed by atoms with Gasteiger partial charge in [0.25, 0.3) is 0 Å². The average molecular weight is 294 g/mol. The second-order valence-corrected chi connectivity index (χ2v) is 5.32. The SMILES string of the molecule is CCCN(Cc1cc(OC)c(OC)c(OC)c1)C1CNC1. The highest BCUT2D eigenvalue weighted by atomic mass is 16.5. The van der Waals surface area contributed by atoms with Crippen molar-refractivity contribution in [2.24, 2.45) is 0 Å². The highest BCUT2D eigenvalue weighted by Crippen LogP contribution is 2.38. The van der Waals surface area contributed by atoms with Gasteiger partial charge in [0, 0.05) is 25.7 Å². The van der Waals surface area contributed by atoms with Gasteiger partial charge in [-0.1, -0.05) is 6.92 Å². The number of hydrogen-bond donors (Lipinski definition) is 1. The van der Waals surface area contributed by atoms with E-state index in [0.717, 1.165) is 44.1 Å². The molecule has 0 atom stereocenters. The van der Waals surface area contributed by atoms with Gasteiger partial charge in [0.2, 0.25) is 5.75 Å². The zero-order valence-corrected chi connectivity index (χ0v) is 13.4. The molecule has 1 aromatic rings. The minimum atomic E-state index is 0.629. The maximum absolute atomic E-state index is 5.43. The number of hydrogen-bond acceptors (Lipinski definition) is 5. The lowest BCUT2D eigenvalue weighted by Crippen LogP contribution is -2.56. The van der Waals surface area contributed by atoms with E-state index in [2.05, 4.69) is 17.1 Å². The molecule has 1 fully saturated rings. The molecule has 0 amide bonds. The first-order valence-corrected chi connectivity index (χ1v) is 7.47. The van der Waals surface area contributed by atoms with Crippen molar-refractivity contribution < 1.29 is 14.2 Å². The van der Waals surface area contributed by atoms with Crippen LogP contribution < -0.4 is 19.5 Å². The van der Waals surface area contributed by atoms with Gasteiger partial charge in [-0.25, -0.2) is 0 Å². The first kappa shape index (κ1) is 15.9. The lowest BCUT2D eigenvalue weighted by Gasteiger charge is -2.38. The van der Waals surface area contributed by atoms with E-state index in [1.807, 2.05) is 12.1 Å². The molecular weight excluding hydrogens is 268 g/mol. The van der Waals surface area contributed by atoms with Crippen LogP contribution in [0.5, 0.6) is 17.2 Å². The molecule has 1 aliphatic heterocycles. The van der Waals surface area contributed by atoms with E-state index in [-0.39, 0.29) is 0 Å². The van der Waals surface area contributed by atoms with Crippen LogP contribution in [0.2, 0.25) is 0 Å². The molecule has 0 saturated carbocycles. The van der Waals surface area contributed by atoms with E-state index < -0.39 is 0 Å². The Morgan fingerprint density at radius 3 is 2.10 bits per heavy atom. The lowest BCUT2D eigenvalue weighted by atomic mass is 10.1. The molecule has 0 bridgehead atoms. The predicted octanol–water partition coefficient (Wildman–Crippen LogP) is 1.90. The van der Waals surface area contributed by atoms with Crippen molar-refractivity contribution in [1.29, 1.82) is 0 Å². The predicted molar refractivity (Wildman–Crippen MR) is 83.5 cm³/mol. The van der Waals surface area contributed by atoms with Crippen LogP contribution in [0, 0.1) is 0 Å². The van der Waals surface area contributed by atoms with E-state index >= 15 is 0 Å². The number of ether oxygens (including phenoxy) is 3. The summed E-state index contributed by atoms with van der Waals surface area (Å²) in [6.45, 7) is 6.36. The zero-order valence-electron chi connectivity index (χ0n) is 13.4. The summed E-state index contributed by atoms with van der Waals surface area (Å²) in [5.74, 6) is 2.08. The van der Waals surface area contributed by atoms with E-state index in [0.29, 0.717) is 11.8 Å². The Morgan fingerprint density at radius 1 is 1.10 bits per heavy atom. The van der Waals surface area contributed by atoms with Crippen molar-refractivity contribution in [2.45, 2.75) is 25.9 Å². The fourth-order valence-electron chi connectivity index (χ4n) is 2.67. The number of methoxy groups -OCH3 is 3. The normalized spacial score (nSPS) is 14.9. The third kappa shape index (κ3) is 3.60. The van der Waals surface area contributed by atoms with E-state index in [1.54, 1.807) is 21.3 Å². The minimum absolute atomic E-state index is 0.629. The summed E-state index contributed by atoms with van der Waals surface area (Å²) in [5, 5.41) is 3.34. The fraction of sp³-hybridized carbons (Fsp3) is 0.625. The summed E-state index contributed by atoms with van der Waals surface area (Å²) in [7, 11) is 4.94. The molecule has 1 aromatic carbocycles. The fourth-order valence-corrected chi connectivity index (χ4v) is 2.67. The van der Waals surface area contributed by atoms with E-state index in [4.69, 9.17) is 14.2 Å². The monoisotopic (exact) mass is 294 g/mol. The van der Waals surface area contributed by atoms with Crippen LogP contribution in [0.3, 0.4) is 0 Å². The summed E-state index contributed by atoms with van der Waals surface area (Å²) in [4.78, 5) is 2.51. The maximum atomic E-state index is 5.43. The molecule has 0 radical (unpaired) electrons. The van der Waals surface area contributed by atoms with Crippen molar-refractivity contribution in [1.82, 2.24) is 10.2 Å². The molecule has 1 saturated heterocycles. The Morgan fingerprint density at radius 2 is 1.71 bits per heavy atom. The summed E-state index contributed by atoms with van der Waals surface area (Å²) in [6, 6.07) is 4.70. The Labute approximate surface area is 127 Å². The Hall–Kier alpha value is -1.46. The van der Waals surface area contributed by atoms with E-state index in [9.17, 15) is 0 Å². The molecule has 0 unspecified atom stereocenters. The summed E-state index contributed by atoms with van der Waals surface area (Å²) >= 11 is 0. The van der Waals surface area contributed by atoms with E-state index in [1.165, 1.54) is 5.56 Å². The Balaban J connectivity index is 2.21. The number of nitrogens with zero attached hydrogens (tertiary/aromatic N) is 1. The Kier molecular flexibility index (Phi) is 5.70. The van der Waals surface area contributed by atoms with Crippen molar-refractivity contribution in [3.63, 3.8) is 0 Å². The van der Waals surface area contributed by atoms with Crippen LogP contribution in [0.1, 0.15) is 18.9 Å². The molecule has 118 valence electrons. The first-order chi connectivity index (χ1) is 10.2. The van der Waals surface area contributed by atoms with Gasteiger partial charge >= 0.3 is 0 Å². The topological polar surface area (TPSA) is 43.0 Å². The van der Waals surface area contributed by atoms with Crippen LogP contribution in [0.25, 0.3) is 0 Å². The highest BCUT2D eigenvalue weighted by molar-refractivity contribution is 5.53. The van der Waals surface area contributed by atoms with Gasteiger partial charge in [-0.05, 0) is 30.7 Å². The molecule has 21 heavy (non-hydrogen) atoms. The van der Waals surface area contributed by atoms with Gasteiger partial charge in [-0.15, -0.1) is 0 Å². The van der Waals surface area contributed by atoms with Gasteiger partial charge in [0.05, 0.1) is 21.3 Å². The number of nitrogens with one attached hydrogen (secondary N) is 1. The second kappa shape index (κ2) is 7.52. The van der Waals surface area contributed by atoms with Gasteiger partial charge in [0.15, 0.2) is 11.5 Å². The largest absolute Gasteiger partial charge is 0.493 e. The summed E-state index contributed by atoms with van der Waals surface area (Å²) in [5.41, 5.74) is 1.19. The Bertz CT molecular complexity index is 436. The molecule has 1 aliphatic rings. The summed E-state index contributed by atoms with van der Waals surface area (Å²) in [6.07, 6.45) is 1.15. The molecule has 2 rings (SSSR count). The smallest absolute Gasteiger partial charge is 0.203 e. The first-order valence-electron chi connectivity index (χ1n) is 7.47. The van der Waals surface area contributed by atoms with Crippen LogP contribution >= 0.6 is 0 Å². The van der Waals surface area contributed by atoms with Crippen molar-refractivity contribution in [3.05, 3.63) is 17.7 Å². The van der Waals surface area contributed by atoms with Crippen LogP contribution in [-0.4, -0.2) is 51.9 Å². The van der Waals surface area contributed by atoms with Crippen molar-refractivity contribution >= 4 is 0 Å². The second-order valence-electron chi connectivity index (χ2n) is 5.32. The third-order valence-corrected chi connectivity index (χ3v) is 3.90. The quantitative estimate of drug-likeness (QED) is 0.793. The standard InChI is InChI=1S/C16H26N2O3/c1-5-6-18(13-9-17-10-13)11-12-7-14(19-2)16(21-4)15(8-12)20-3/h7-8,13,17H,5-6,9-11H2,1-4H3. The van der Waals surface area contributed by atoms with Crippen molar-refractivity contribution in [3.8, 4) is 17.2 Å². The minimum Gasteiger partial charge on any atom is -0.493 e. The molecule has 0 aromatic heterocycles. The zero-order chi connectivity index (χ0) is 15.2. The lowest BCUT2D eigenvalue weighted by molar-refractivity contribution is 0.137. The van der Waals surface area contributed by atoms with Crippen LogP contribution in [-0.2, 0) is 6.54 Å². The number of benzene rings is 1. The third-order valence-electron chi connectivity index (χ3n) is 3.90. The van der Waals surface area contributed by atoms with Gasteiger partial charge in [-0.3, -0.25) is 4.90 Å². The molecule has 5 heteroatoms. The molecule has 0 spiro atoms. The summed E-state index contributed by atoms with van der Waals surface area (Å²) < 4.78 is 16.2. The average Bonchev–Trinajstić information content (AvgIpc) is 2.44. The van der Waals surface area contributed by atoms with Crippen LogP contribution in [0.15, 0.2) is 12.1 Å². The number of rotatable bonds is 8. The van der Waals surface area contributed by atoms with Crippen LogP contribution in [0.4, 0.5) is 0 Å². The van der Waals surface area contributed by atoms with Gasteiger partial charge in [-0.2, -0.15) is 0 Å². The molecule has 0 aliphatic carbocycles. The van der Waals surface area contributed by atoms with Crippen molar-refractivity contribution in [2.75, 3.05) is 41.0 Å². The molecule has 1 N–H and O–H groups in total. The molecular formula is C16H26N2O3.